The van der Waals surface area contributed by atoms with Crippen molar-refractivity contribution in [2.75, 3.05) is 0 Å². The zero-order valence-corrected chi connectivity index (χ0v) is 11.1. The number of hydrogen-bond acceptors (Lipinski definition) is 2. The van der Waals surface area contributed by atoms with Crippen LogP contribution in [0, 0.1) is 6.92 Å². The maximum absolute atomic E-state index is 4.35. The monoisotopic (exact) mass is 315 g/mol. The van der Waals surface area contributed by atoms with Gasteiger partial charge in [0.2, 0.25) is 5.78 Å². The van der Waals surface area contributed by atoms with Gasteiger partial charge in [-0.2, -0.15) is 0 Å². The van der Waals surface area contributed by atoms with Gasteiger partial charge in [-0.1, -0.05) is 35.9 Å². The van der Waals surface area contributed by atoms with E-state index in [4.69, 9.17) is 0 Å². The molecular weight excluding hydrogens is 301 g/mol. The third kappa shape index (κ3) is 2.30. The summed E-state index contributed by atoms with van der Waals surface area (Å²) in [6, 6.07) is 0. The Kier molecular flexibility index (Phi) is 3.23. The van der Waals surface area contributed by atoms with Gasteiger partial charge in [-0.3, -0.25) is 4.40 Å². The summed E-state index contributed by atoms with van der Waals surface area (Å²) in [6.07, 6.45) is 8.49. The molecule has 0 aliphatic carbocycles. The van der Waals surface area contributed by atoms with Crippen LogP contribution in [0.3, 0.4) is 0 Å². The van der Waals surface area contributed by atoms with E-state index in [1.165, 1.54) is 18.4 Å². The van der Waals surface area contributed by atoms with Crippen molar-refractivity contribution < 1.29 is 0 Å². The highest BCUT2D eigenvalue weighted by Gasteiger charge is 2.08. The maximum atomic E-state index is 4.35. The van der Waals surface area contributed by atoms with Crippen LogP contribution in [-0.4, -0.2) is 14.4 Å². The number of hydrogen-bond donors (Lipinski definition) is 0. The number of alkyl halides is 1. The van der Waals surface area contributed by atoms with Crippen molar-refractivity contribution in [3.63, 3.8) is 0 Å². The molecule has 0 saturated heterocycles. The van der Waals surface area contributed by atoms with Crippen LogP contribution in [0.15, 0.2) is 18.6 Å². The zero-order valence-electron chi connectivity index (χ0n) is 8.94. The fraction of sp³-hybridized carbons (Fsp3) is 0.455. The summed E-state index contributed by atoms with van der Waals surface area (Å²) < 4.78 is 2.55. The first-order valence-corrected chi connectivity index (χ1v) is 6.40. The molecule has 0 spiro atoms. The van der Waals surface area contributed by atoms with Crippen LogP contribution in [0.4, 0.5) is 0 Å². The maximum Gasteiger partial charge on any atom is 0.233 e. The van der Waals surface area contributed by atoms with Gasteiger partial charge in [0.15, 0.2) is 0 Å². The molecule has 3 nitrogen and oxygen atoms in total. The highest BCUT2D eigenvalue weighted by Crippen LogP contribution is 2.27. The number of rotatable bonds is 3. The van der Waals surface area contributed by atoms with Crippen molar-refractivity contribution in [3.05, 3.63) is 29.8 Å². The Hall–Kier alpha value is -0.650. The second-order valence-electron chi connectivity index (χ2n) is 3.73. The van der Waals surface area contributed by atoms with Crippen LogP contribution in [0.5, 0.6) is 0 Å². The summed E-state index contributed by atoms with van der Waals surface area (Å²) >= 11 is 2.47. The lowest BCUT2D eigenvalue weighted by Gasteiger charge is -2.07. The molecule has 1 atom stereocenters. The molecule has 2 aromatic rings. The Morgan fingerprint density at radius 2 is 2.27 bits per heavy atom. The molecule has 0 N–H and O–H groups in total. The van der Waals surface area contributed by atoms with E-state index in [0.717, 1.165) is 11.5 Å². The standard InChI is InChI=1S/C11H14IN3/c1-3-4-10(12)9-5-13-11-14-8(2)6-15(11)7-9/h5-7,10H,3-4H2,1-2H3. The smallest absolute Gasteiger partial charge is 0.233 e. The summed E-state index contributed by atoms with van der Waals surface area (Å²) in [5.41, 5.74) is 2.29. The van der Waals surface area contributed by atoms with Gasteiger partial charge in [-0.15, -0.1) is 0 Å². The minimum Gasteiger partial charge on any atom is -0.291 e. The van der Waals surface area contributed by atoms with Gasteiger partial charge in [0.1, 0.15) is 0 Å². The molecule has 2 rings (SSSR count). The van der Waals surface area contributed by atoms with Crippen LogP contribution in [0.1, 0.15) is 34.9 Å². The molecule has 0 aromatic carbocycles. The van der Waals surface area contributed by atoms with Crippen molar-refractivity contribution in [2.24, 2.45) is 0 Å². The average Bonchev–Trinajstić information content (AvgIpc) is 2.57. The first-order valence-electron chi connectivity index (χ1n) is 5.16. The van der Waals surface area contributed by atoms with Crippen LogP contribution in [-0.2, 0) is 0 Å². The number of fused-ring (bicyclic) bond motifs is 1. The predicted octanol–water partition coefficient (Wildman–Crippen LogP) is 3.31. The second kappa shape index (κ2) is 4.47. The summed E-state index contributed by atoms with van der Waals surface area (Å²) in [6.45, 7) is 4.20. The average molecular weight is 315 g/mol. The molecule has 0 aliphatic rings. The van der Waals surface area contributed by atoms with E-state index >= 15 is 0 Å². The van der Waals surface area contributed by atoms with E-state index in [9.17, 15) is 0 Å². The Morgan fingerprint density at radius 1 is 1.47 bits per heavy atom. The third-order valence-electron chi connectivity index (χ3n) is 2.35. The van der Waals surface area contributed by atoms with Crippen LogP contribution < -0.4 is 0 Å². The zero-order chi connectivity index (χ0) is 10.8. The van der Waals surface area contributed by atoms with E-state index in [1.54, 1.807) is 0 Å². The molecule has 2 heterocycles. The lowest BCUT2D eigenvalue weighted by molar-refractivity contribution is 0.790. The molecule has 0 radical (unpaired) electrons. The molecule has 0 amide bonds. The van der Waals surface area contributed by atoms with Crippen molar-refractivity contribution in [2.45, 2.75) is 30.6 Å². The fourth-order valence-electron chi connectivity index (χ4n) is 1.60. The summed E-state index contributed by atoms with van der Waals surface area (Å²) in [4.78, 5) is 8.66. The molecule has 80 valence electrons. The van der Waals surface area contributed by atoms with E-state index in [1.807, 2.05) is 23.7 Å². The van der Waals surface area contributed by atoms with Crippen molar-refractivity contribution in [1.82, 2.24) is 14.4 Å². The molecule has 0 bridgehead atoms. The molecule has 4 heteroatoms. The minimum atomic E-state index is 0.548. The highest BCUT2D eigenvalue weighted by molar-refractivity contribution is 14.1. The number of aryl methyl sites for hydroxylation is 1. The number of imidazole rings is 1. The van der Waals surface area contributed by atoms with Gasteiger partial charge >= 0.3 is 0 Å². The van der Waals surface area contributed by atoms with Crippen molar-refractivity contribution >= 4 is 28.4 Å². The molecule has 1 unspecified atom stereocenters. The first-order chi connectivity index (χ1) is 7.20. The molecule has 15 heavy (non-hydrogen) atoms. The largest absolute Gasteiger partial charge is 0.291 e. The Labute approximate surface area is 103 Å². The summed E-state index contributed by atoms with van der Waals surface area (Å²) in [7, 11) is 0. The van der Waals surface area contributed by atoms with E-state index in [0.29, 0.717) is 3.92 Å². The minimum absolute atomic E-state index is 0.548. The van der Waals surface area contributed by atoms with E-state index in [2.05, 4.69) is 45.7 Å². The normalized spacial score (nSPS) is 13.3. The predicted molar refractivity (Wildman–Crippen MR) is 69.4 cm³/mol. The van der Waals surface area contributed by atoms with Crippen LogP contribution >= 0.6 is 22.6 Å². The molecular formula is C11H14IN3. The van der Waals surface area contributed by atoms with E-state index < -0.39 is 0 Å². The van der Waals surface area contributed by atoms with Crippen molar-refractivity contribution in [3.8, 4) is 0 Å². The SMILES string of the molecule is CCCC(I)c1cnc2nc(C)cn2c1. The van der Waals surface area contributed by atoms with Crippen LogP contribution in [0.25, 0.3) is 5.78 Å². The Balaban J connectivity index is 2.37. The molecule has 0 saturated carbocycles. The number of nitrogens with zero attached hydrogens (tertiary/aromatic N) is 3. The van der Waals surface area contributed by atoms with Gasteiger partial charge in [-0.25, -0.2) is 9.97 Å². The van der Waals surface area contributed by atoms with Gasteiger partial charge < -0.3 is 0 Å². The van der Waals surface area contributed by atoms with Gasteiger partial charge in [0, 0.05) is 28.1 Å². The highest BCUT2D eigenvalue weighted by atomic mass is 127. The topological polar surface area (TPSA) is 30.2 Å². The lowest BCUT2D eigenvalue weighted by atomic mass is 10.1. The van der Waals surface area contributed by atoms with Gasteiger partial charge in [0.25, 0.3) is 0 Å². The van der Waals surface area contributed by atoms with E-state index in [-0.39, 0.29) is 0 Å². The van der Waals surface area contributed by atoms with Crippen LogP contribution in [0.2, 0.25) is 0 Å². The third-order valence-corrected chi connectivity index (χ3v) is 3.70. The fourth-order valence-corrected chi connectivity index (χ4v) is 2.55. The van der Waals surface area contributed by atoms with Gasteiger partial charge in [0.05, 0.1) is 5.69 Å². The first kappa shape index (κ1) is 10.9. The molecule has 0 aliphatic heterocycles. The molecule has 2 aromatic heterocycles. The molecule has 0 fully saturated rings. The Morgan fingerprint density at radius 3 is 3.00 bits per heavy atom. The number of aromatic nitrogens is 3. The second-order valence-corrected chi connectivity index (χ2v) is 5.24. The summed E-state index contributed by atoms with van der Waals surface area (Å²) in [5.74, 6) is 0.788. The quantitative estimate of drug-likeness (QED) is 0.642. The van der Waals surface area contributed by atoms with Crippen molar-refractivity contribution in [1.29, 1.82) is 0 Å². The lowest BCUT2D eigenvalue weighted by Crippen LogP contribution is -1.95. The summed E-state index contributed by atoms with van der Waals surface area (Å²) in [5, 5.41) is 0. The Bertz CT molecular complexity index is 464. The number of halogens is 1. The van der Waals surface area contributed by atoms with Gasteiger partial charge in [-0.05, 0) is 13.3 Å².